The molecule has 6 nitrogen and oxygen atoms in total. The van der Waals surface area contributed by atoms with Gasteiger partial charge in [0.2, 0.25) is 5.91 Å². The van der Waals surface area contributed by atoms with Gasteiger partial charge in [0.05, 0.1) is 5.82 Å². The van der Waals surface area contributed by atoms with Gasteiger partial charge >= 0.3 is 0 Å². The molecule has 2 unspecified atom stereocenters. The van der Waals surface area contributed by atoms with Crippen LogP contribution in [0.3, 0.4) is 0 Å². The Hall–Kier alpha value is -2.21. The highest BCUT2D eigenvalue weighted by molar-refractivity contribution is 6.30. The fourth-order valence-electron chi connectivity index (χ4n) is 4.50. The van der Waals surface area contributed by atoms with Gasteiger partial charge in [0.1, 0.15) is 5.54 Å². The average Bonchev–Trinajstić information content (AvgIpc) is 3.49. The van der Waals surface area contributed by atoms with Crippen LogP contribution >= 0.6 is 11.6 Å². The number of carbonyl (C=O) groups is 2. The molecule has 0 bridgehead atoms. The highest BCUT2D eigenvalue weighted by Crippen LogP contribution is 2.45. The third kappa shape index (κ3) is 3.58. The van der Waals surface area contributed by atoms with Crippen LogP contribution < -0.4 is 15.5 Å². The summed E-state index contributed by atoms with van der Waals surface area (Å²) in [5, 5.41) is 6.78. The van der Waals surface area contributed by atoms with E-state index in [1.807, 2.05) is 36.1 Å². The van der Waals surface area contributed by atoms with Crippen molar-refractivity contribution < 1.29 is 9.59 Å². The van der Waals surface area contributed by atoms with E-state index in [0.29, 0.717) is 31.2 Å². The van der Waals surface area contributed by atoms with E-state index in [4.69, 9.17) is 11.6 Å². The minimum Gasteiger partial charge on any atom is -0.368 e. The Morgan fingerprint density at radius 1 is 1.25 bits per heavy atom. The van der Waals surface area contributed by atoms with Crippen LogP contribution in [-0.4, -0.2) is 48.4 Å². The molecule has 7 heteroatoms. The first-order valence-corrected chi connectivity index (χ1v) is 10.3. The van der Waals surface area contributed by atoms with E-state index in [1.54, 1.807) is 0 Å². The van der Waals surface area contributed by atoms with Gasteiger partial charge in [0.25, 0.3) is 5.91 Å². The smallest absolute Gasteiger partial charge is 0.251 e. The summed E-state index contributed by atoms with van der Waals surface area (Å²) in [6, 6.07) is 7.81. The maximum Gasteiger partial charge on any atom is 0.251 e. The first-order chi connectivity index (χ1) is 13.4. The third-order valence-corrected chi connectivity index (χ3v) is 6.40. The number of amides is 2. The lowest BCUT2D eigenvalue weighted by atomic mass is 9.83. The number of carbonyl (C=O) groups excluding carboxylic acids is 2. The van der Waals surface area contributed by atoms with E-state index < -0.39 is 5.54 Å². The van der Waals surface area contributed by atoms with Crippen LogP contribution in [-0.2, 0) is 9.59 Å². The molecule has 2 atom stereocenters. The van der Waals surface area contributed by atoms with Crippen molar-refractivity contribution in [3.05, 3.63) is 41.7 Å². The monoisotopic (exact) mass is 402 g/mol. The molecule has 2 saturated heterocycles. The van der Waals surface area contributed by atoms with E-state index in [2.05, 4.69) is 22.1 Å². The molecule has 150 valence electrons. The summed E-state index contributed by atoms with van der Waals surface area (Å²) in [5.41, 5.74) is 0.458. The van der Waals surface area contributed by atoms with Crippen LogP contribution in [0.5, 0.6) is 0 Å². The van der Waals surface area contributed by atoms with E-state index >= 15 is 0 Å². The highest BCUT2D eigenvalue weighted by atomic mass is 35.5. The standard InChI is InChI=1S/C21H27ClN4O2/c1-14(13-21(16-3-4-16)20(28)23-15(2)24-21)19(27)26-11-9-25(10-12-26)18-7-5-17(22)6-8-18/h5-8,14,16,24H,2-4,9-13H2,1H3,(H,23,28). The Morgan fingerprint density at radius 3 is 2.43 bits per heavy atom. The van der Waals surface area contributed by atoms with Crippen LogP contribution in [0.2, 0.25) is 5.02 Å². The molecule has 1 aromatic rings. The Balaban J connectivity index is 1.36. The molecule has 0 spiro atoms. The van der Waals surface area contributed by atoms with Gasteiger partial charge in [-0.15, -0.1) is 0 Å². The van der Waals surface area contributed by atoms with Crippen molar-refractivity contribution in [2.75, 3.05) is 31.1 Å². The second kappa shape index (κ2) is 7.32. The number of piperazine rings is 1. The summed E-state index contributed by atoms with van der Waals surface area (Å²) in [6.45, 7) is 8.75. The normalized spacial score (nSPS) is 26.1. The van der Waals surface area contributed by atoms with E-state index in [0.717, 1.165) is 36.6 Å². The predicted octanol–water partition coefficient (Wildman–Crippen LogP) is 2.35. The van der Waals surface area contributed by atoms with Crippen LogP contribution in [0, 0.1) is 11.8 Å². The predicted molar refractivity (Wildman–Crippen MR) is 110 cm³/mol. The van der Waals surface area contributed by atoms with Crippen molar-refractivity contribution in [3.63, 3.8) is 0 Å². The lowest BCUT2D eigenvalue weighted by Crippen LogP contribution is -2.54. The van der Waals surface area contributed by atoms with Gasteiger partial charge in [-0.25, -0.2) is 0 Å². The fraction of sp³-hybridized carbons (Fsp3) is 0.524. The quantitative estimate of drug-likeness (QED) is 0.793. The Morgan fingerprint density at radius 2 is 1.89 bits per heavy atom. The number of nitrogens with one attached hydrogen (secondary N) is 2. The van der Waals surface area contributed by atoms with E-state index in [9.17, 15) is 9.59 Å². The molecule has 3 fully saturated rings. The topological polar surface area (TPSA) is 64.7 Å². The third-order valence-electron chi connectivity index (χ3n) is 6.15. The largest absolute Gasteiger partial charge is 0.368 e. The fourth-order valence-corrected chi connectivity index (χ4v) is 4.62. The van der Waals surface area contributed by atoms with Crippen LogP contribution in [0.4, 0.5) is 5.69 Å². The van der Waals surface area contributed by atoms with E-state index in [1.165, 1.54) is 0 Å². The Bertz CT molecular complexity index is 784. The van der Waals surface area contributed by atoms with Gasteiger partial charge in [0.15, 0.2) is 0 Å². The minimum absolute atomic E-state index is 0.0350. The van der Waals surface area contributed by atoms with Crippen molar-refractivity contribution in [1.29, 1.82) is 0 Å². The van der Waals surface area contributed by atoms with Gasteiger partial charge in [-0.3, -0.25) is 9.59 Å². The van der Waals surface area contributed by atoms with Crippen molar-refractivity contribution >= 4 is 29.1 Å². The Labute approximate surface area is 170 Å². The summed E-state index contributed by atoms with van der Waals surface area (Å²) in [5.74, 6) is 0.721. The van der Waals surface area contributed by atoms with Crippen LogP contribution in [0.25, 0.3) is 0 Å². The van der Waals surface area contributed by atoms with Gasteiger partial charge in [-0.1, -0.05) is 25.1 Å². The zero-order valence-electron chi connectivity index (χ0n) is 16.2. The van der Waals surface area contributed by atoms with Gasteiger partial charge < -0.3 is 20.4 Å². The van der Waals surface area contributed by atoms with E-state index in [-0.39, 0.29) is 17.7 Å². The van der Waals surface area contributed by atoms with Crippen LogP contribution in [0.15, 0.2) is 36.7 Å². The van der Waals surface area contributed by atoms with Crippen LogP contribution in [0.1, 0.15) is 26.2 Å². The molecule has 1 aromatic carbocycles. The minimum atomic E-state index is -0.669. The molecular weight excluding hydrogens is 376 g/mol. The summed E-state index contributed by atoms with van der Waals surface area (Å²) >= 11 is 5.97. The number of benzene rings is 1. The van der Waals surface area contributed by atoms with Crippen molar-refractivity contribution in [3.8, 4) is 0 Å². The maximum absolute atomic E-state index is 13.1. The zero-order valence-corrected chi connectivity index (χ0v) is 17.0. The summed E-state index contributed by atoms with van der Waals surface area (Å²) in [6.07, 6.45) is 2.56. The maximum atomic E-state index is 13.1. The zero-order chi connectivity index (χ0) is 19.9. The molecule has 2 amide bonds. The summed E-state index contributed by atoms with van der Waals surface area (Å²) in [4.78, 5) is 29.8. The molecule has 1 aliphatic carbocycles. The first kappa shape index (κ1) is 19.1. The number of rotatable bonds is 5. The molecule has 2 heterocycles. The lowest BCUT2D eigenvalue weighted by molar-refractivity contribution is -0.136. The molecule has 2 aliphatic heterocycles. The van der Waals surface area contributed by atoms with Gasteiger partial charge in [0, 0.05) is 42.8 Å². The van der Waals surface area contributed by atoms with Gasteiger partial charge in [-0.2, -0.15) is 0 Å². The molecule has 1 saturated carbocycles. The average molecular weight is 403 g/mol. The van der Waals surface area contributed by atoms with Gasteiger partial charge in [-0.05, 0) is 49.4 Å². The molecule has 0 aromatic heterocycles. The number of anilines is 1. The molecular formula is C21H27ClN4O2. The molecule has 4 rings (SSSR count). The van der Waals surface area contributed by atoms with Crippen molar-refractivity contribution in [1.82, 2.24) is 15.5 Å². The number of halogens is 1. The molecule has 28 heavy (non-hydrogen) atoms. The second-order valence-corrected chi connectivity index (χ2v) is 8.63. The second-order valence-electron chi connectivity index (χ2n) is 8.20. The number of hydrogen-bond donors (Lipinski definition) is 2. The highest BCUT2D eigenvalue weighted by Gasteiger charge is 2.55. The molecule has 2 N–H and O–H groups in total. The summed E-state index contributed by atoms with van der Waals surface area (Å²) in [7, 11) is 0. The van der Waals surface area contributed by atoms with Crippen molar-refractivity contribution in [2.45, 2.75) is 31.7 Å². The number of hydrogen-bond acceptors (Lipinski definition) is 4. The number of nitrogens with zero attached hydrogens (tertiary/aromatic N) is 2. The summed E-state index contributed by atoms with van der Waals surface area (Å²) < 4.78 is 0. The van der Waals surface area contributed by atoms with Crippen molar-refractivity contribution in [2.24, 2.45) is 11.8 Å². The lowest BCUT2D eigenvalue weighted by Gasteiger charge is -2.38. The first-order valence-electron chi connectivity index (χ1n) is 9.97. The molecule has 3 aliphatic rings. The molecule has 0 radical (unpaired) electrons. The SMILES string of the molecule is C=C1NC(=O)C(CC(C)C(=O)N2CCN(c3ccc(Cl)cc3)CC2)(C2CC2)N1. The Kier molecular flexibility index (Phi) is 5.00.